The average molecular weight is 215 g/mol. The van der Waals surface area contributed by atoms with Crippen LogP contribution in [0.25, 0.3) is 0 Å². The third-order valence-corrected chi connectivity index (χ3v) is 2.34. The molecule has 14 heavy (non-hydrogen) atoms. The lowest BCUT2D eigenvalue weighted by atomic mass is 10.2. The number of nitrogens with one attached hydrogen (secondary N) is 1. The van der Waals surface area contributed by atoms with Crippen molar-refractivity contribution >= 4 is 11.6 Å². The highest BCUT2D eigenvalue weighted by molar-refractivity contribution is 6.32. The SMILES string of the molecule is COc1nccc(Cl)c1OC1CNC1. The Kier molecular flexibility index (Phi) is 2.74. The van der Waals surface area contributed by atoms with E-state index in [1.54, 1.807) is 19.4 Å². The van der Waals surface area contributed by atoms with Crippen molar-refractivity contribution in [2.24, 2.45) is 0 Å². The molecule has 0 aliphatic carbocycles. The summed E-state index contributed by atoms with van der Waals surface area (Å²) in [6.07, 6.45) is 1.76. The molecule has 0 unspecified atom stereocenters. The summed E-state index contributed by atoms with van der Waals surface area (Å²) in [7, 11) is 1.55. The van der Waals surface area contributed by atoms with Gasteiger partial charge in [-0.15, -0.1) is 0 Å². The summed E-state index contributed by atoms with van der Waals surface area (Å²) in [6, 6.07) is 1.69. The molecule has 4 nitrogen and oxygen atoms in total. The molecule has 0 aromatic carbocycles. The second kappa shape index (κ2) is 4.02. The number of methoxy groups -OCH3 is 1. The van der Waals surface area contributed by atoms with Gasteiger partial charge in [0.05, 0.1) is 12.1 Å². The molecule has 1 saturated heterocycles. The number of nitrogens with zero attached hydrogens (tertiary/aromatic N) is 1. The van der Waals surface area contributed by atoms with Crippen molar-refractivity contribution in [3.63, 3.8) is 0 Å². The Morgan fingerprint density at radius 1 is 1.57 bits per heavy atom. The largest absolute Gasteiger partial charge is 0.481 e. The number of halogens is 1. The van der Waals surface area contributed by atoms with Gasteiger partial charge in [0.25, 0.3) is 5.88 Å². The van der Waals surface area contributed by atoms with Gasteiger partial charge in [0.2, 0.25) is 5.75 Å². The number of ether oxygens (including phenoxy) is 2. The predicted molar refractivity (Wildman–Crippen MR) is 53.1 cm³/mol. The molecular formula is C9H11ClN2O2. The van der Waals surface area contributed by atoms with Crippen LogP contribution in [0.1, 0.15) is 0 Å². The quantitative estimate of drug-likeness (QED) is 0.818. The van der Waals surface area contributed by atoms with E-state index in [9.17, 15) is 0 Å². The van der Waals surface area contributed by atoms with Gasteiger partial charge in [0.15, 0.2) is 0 Å². The maximum absolute atomic E-state index is 5.97. The van der Waals surface area contributed by atoms with Crippen LogP contribution in [-0.4, -0.2) is 31.3 Å². The molecule has 0 radical (unpaired) electrons. The number of hydrogen-bond acceptors (Lipinski definition) is 4. The topological polar surface area (TPSA) is 43.4 Å². The number of pyridine rings is 1. The van der Waals surface area contributed by atoms with Crippen LogP contribution < -0.4 is 14.8 Å². The van der Waals surface area contributed by atoms with Crippen molar-refractivity contribution in [2.45, 2.75) is 6.10 Å². The van der Waals surface area contributed by atoms with E-state index in [0.717, 1.165) is 13.1 Å². The monoisotopic (exact) mass is 214 g/mol. The Labute approximate surface area is 87.2 Å². The molecule has 5 heteroatoms. The van der Waals surface area contributed by atoms with Gasteiger partial charge in [0.1, 0.15) is 6.10 Å². The van der Waals surface area contributed by atoms with Gasteiger partial charge >= 0.3 is 0 Å². The van der Waals surface area contributed by atoms with Crippen LogP contribution in [0.4, 0.5) is 0 Å². The Balaban J connectivity index is 2.19. The average Bonchev–Trinajstić information content (AvgIpc) is 2.12. The van der Waals surface area contributed by atoms with Crippen LogP contribution in [0.15, 0.2) is 12.3 Å². The zero-order valence-corrected chi connectivity index (χ0v) is 8.54. The lowest BCUT2D eigenvalue weighted by Gasteiger charge is -2.28. The van der Waals surface area contributed by atoms with Gasteiger partial charge in [-0.1, -0.05) is 11.6 Å². The van der Waals surface area contributed by atoms with Crippen molar-refractivity contribution in [2.75, 3.05) is 20.2 Å². The summed E-state index contributed by atoms with van der Waals surface area (Å²) in [6.45, 7) is 1.68. The molecule has 76 valence electrons. The fourth-order valence-electron chi connectivity index (χ4n) is 1.17. The Morgan fingerprint density at radius 2 is 2.36 bits per heavy atom. The van der Waals surface area contributed by atoms with Crippen molar-refractivity contribution < 1.29 is 9.47 Å². The van der Waals surface area contributed by atoms with Crippen LogP contribution in [0, 0.1) is 0 Å². The molecule has 0 spiro atoms. The molecule has 0 amide bonds. The zero-order valence-electron chi connectivity index (χ0n) is 7.79. The molecule has 1 aliphatic rings. The summed E-state index contributed by atoms with van der Waals surface area (Å²) in [4.78, 5) is 4.02. The molecule has 1 fully saturated rings. The number of aromatic nitrogens is 1. The summed E-state index contributed by atoms with van der Waals surface area (Å²) < 4.78 is 10.7. The van der Waals surface area contributed by atoms with E-state index in [2.05, 4.69) is 10.3 Å². The Morgan fingerprint density at radius 3 is 2.93 bits per heavy atom. The minimum atomic E-state index is 0.172. The Bertz CT molecular complexity index is 329. The molecule has 0 atom stereocenters. The highest BCUT2D eigenvalue weighted by Gasteiger charge is 2.22. The molecule has 1 aromatic rings. The summed E-state index contributed by atoms with van der Waals surface area (Å²) in [5.41, 5.74) is 0. The van der Waals surface area contributed by atoms with Crippen LogP contribution in [0.2, 0.25) is 5.02 Å². The fourth-order valence-corrected chi connectivity index (χ4v) is 1.35. The van der Waals surface area contributed by atoms with Crippen molar-refractivity contribution in [3.8, 4) is 11.6 Å². The normalized spacial score (nSPS) is 16.1. The smallest absolute Gasteiger partial charge is 0.258 e. The van der Waals surface area contributed by atoms with Gasteiger partial charge in [-0.2, -0.15) is 0 Å². The van der Waals surface area contributed by atoms with Gasteiger partial charge in [-0.05, 0) is 6.07 Å². The maximum atomic E-state index is 5.97. The molecule has 1 aliphatic heterocycles. The molecule has 2 heterocycles. The number of rotatable bonds is 3. The molecule has 1 N–H and O–H groups in total. The van der Waals surface area contributed by atoms with E-state index in [-0.39, 0.29) is 6.10 Å². The minimum absolute atomic E-state index is 0.172. The first-order valence-electron chi connectivity index (χ1n) is 4.37. The van der Waals surface area contributed by atoms with Gasteiger partial charge in [-0.3, -0.25) is 0 Å². The zero-order chi connectivity index (χ0) is 9.97. The highest BCUT2D eigenvalue weighted by atomic mass is 35.5. The third kappa shape index (κ3) is 1.76. The van der Waals surface area contributed by atoms with E-state index in [1.807, 2.05) is 0 Å². The van der Waals surface area contributed by atoms with E-state index in [0.29, 0.717) is 16.7 Å². The fraction of sp³-hybridized carbons (Fsp3) is 0.444. The summed E-state index contributed by atoms with van der Waals surface area (Å²) >= 11 is 5.97. The van der Waals surface area contributed by atoms with Crippen molar-refractivity contribution in [1.29, 1.82) is 0 Å². The second-order valence-electron chi connectivity index (χ2n) is 3.03. The second-order valence-corrected chi connectivity index (χ2v) is 3.44. The van der Waals surface area contributed by atoms with Gasteiger partial charge in [0, 0.05) is 19.3 Å². The lowest BCUT2D eigenvalue weighted by Crippen LogP contribution is -2.50. The first kappa shape index (κ1) is 9.55. The van der Waals surface area contributed by atoms with E-state index in [4.69, 9.17) is 21.1 Å². The van der Waals surface area contributed by atoms with Crippen molar-refractivity contribution in [3.05, 3.63) is 17.3 Å². The summed E-state index contributed by atoms with van der Waals surface area (Å²) in [5, 5.41) is 3.64. The van der Waals surface area contributed by atoms with E-state index in [1.165, 1.54) is 0 Å². The predicted octanol–water partition coefficient (Wildman–Crippen LogP) is 1.09. The first-order valence-corrected chi connectivity index (χ1v) is 4.75. The summed E-state index contributed by atoms with van der Waals surface area (Å²) in [5.74, 6) is 0.965. The molecule has 0 saturated carbocycles. The molecular weight excluding hydrogens is 204 g/mol. The minimum Gasteiger partial charge on any atom is -0.481 e. The number of hydrogen-bond donors (Lipinski definition) is 1. The molecule has 0 bridgehead atoms. The van der Waals surface area contributed by atoms with Crippen LogP contribution >= 0.6 is 11.6 Å². The standard InChI is InChI=1S/C9H11ClN2O2/c1-13-9-8(7(10)2-3-12-9)14-6-4-11-5-6/h2-3,6,11H,4-5H2,1H3. The molecule has 2 rings (SSSR count). The highest BCUT2D eigenvalue weighted by Crippen LogP contribution is 2.33. The van der Waals surface area contributed by atoms with Gasteiger partial charge in [-0.25, -0.2) is 4.98 Å². The lowest BCUT2D eigenvalue weighted by molar-refractivity contribution is 0.136. The Hall–Kier alpha value is -1.00. The van der Waals surface area contributed by atoms with Crippen LogP contribution in [-0.2, 0) is 0 Å². The van der Waals surface area contributed by atoms with E-state index < -0.39 is 0 Å². The van der Waals surface area contributed by atoms with Crippen LogP contribution in [0.5, 0.6) is 11.6 Å². The van der Waals surface area contributed by atoms with Gasteiger partial charge < -0.3 is 14.8 Å². The van der Waals surface area contributed by atoms with Crippen molar-refractivity contribution in [1.82, 2.24) is 10.3 Å². The van der Waals surface area contributed by atoms with E-state index >= 15 is 0 Å². The molecule has 1 aromatic heterocycles. The maximum Gasteiger partial charge on any atom is 0.258 e. The third-order valence-electron chi connectivity index (χ3n) is 2.05. The first-order chi connectivity index (χ1) is 6.81. The van der Waals surface area contributed by atoms with Crippen LogP contribution in [0.3, 0.4) is 0 Å².